The molecule has 0 aliphatic carbocycles. The van der Waals surface area contributed by atoms with E-state index in [1.165, 1.54) is 12.1 Å². The highest BCUT2D eigenvalue weighted by Crippen LogP contribution is 2.20. The SMILES string of the molecule is Cc1ccc(C(N)=O)c(Nc2ccc(S(C)(=O)=O)cc2)n1. The van der Waals surface area contributed by atoms with Gasteiger partial charge in [0.2, 0.25) is 0 Å². The number of amides is 1. The topological polar surface area (TPSA) is 102 Å². The molecule has 2 aromatic rings. The van der Waals surface area contributed by atoms with Gasteiger partial charge in [0.15, 0.2) is 9.84 Å². The molecule has 1 aromatic heterocycles. The average molecular weight is 305 g/mol. The van der Waals surface area contributed by atoms with Crippen molar-refractivity contribution in [2.24, 2.45) is 5.73 Å². The summed E-state index contributed by atoms with van der Waals surface area (Å²) >= 11 is 0. The Morgan fingerprint density at radius 2 is 1.76 bits per heavy atom. The van der Waals surface area contributed by atoms with Gasteiger partial charge in [0.25, 0.3) is 5.91 Å². The quantitative estimate of drug-likeness (QED) is 0.894. The maximum absolute atomic E-state index is 11.4. The minimum Gasteiger partial charge on any atom is -0.365 e. The summed E-state index contributed by atoms with van der Waals surface area (Å²) in [5, 5.41) is 2.97. The van der Waals surface area contributed by atoms with Crippen LogP contribution in [0, 0.1) is 6.92 Å². The molecule has 0 atom stereocenters. The number of hydrogen-bond acceptors (Lipinski definition) is 5. The summed E-state index contributed by atoms with van der Waals surface area (Å²) in [6, 6.07) is 9.46. The van der Waals surface area contributed by atoms with Crippen molar-refractivity contribution in [3.8, 4) is 0 Å². The summed E-state index contributed by atoms with van der Waals surface area (Å²) < 4.78 is 22.8. The molecular formula is C14H15N3O3S. The number of aromatic nitrogens is 1. The van der Waals surface area contributed by atoms with Crippen LogP contribution in [0.4, 0.5) is 11.5 Å². The van der Waals surface area contributed by atoms with Crippen LogP contribution in [0.2, 0.25) is 0 Å². The third-order valence-electron chi connectivity index (χ3n) is 2.85. The van der Waals surface area contributed by atoms with E-state index in [0.717, 1.165) is 11.9 Å². The van der Waals surface area contributed by atoms with Crippen molar-refractivity contribution in [1.82, 2.24) is 4.98 Å². The normalized spacial score (nSPS) is 11.1. The van der Waals surface area contributed by atoms with Crippen LogP contribution < -0.4 is 11.1 Å². The lowest BCUT2D eigenvalue weighted by Gasteiger charge is -2.10. The van der Waals surface area contributed by atoms with Crippen molar-refractivity contribution >= 4 is 27.2 Å². The number of rotatable bonds is 4. The van der Waals surface area contributed by atoms with Gasteiger partial charge in [-0.1, -0.05) is 0 Å². The number of pyridine rings is 1. The van der Waals surface area contributed by atoms with Crippen LogP contribution in [0.3, 0.4) is 0 Å². The van der Waals surface area contributed by atoms with E-state index in [1.807, 2.05) is 0 Å². The Bertz CT molecular complexity index is 784. The number of nitrogens with one attached hydrogen (secondary N) is 1. The van der Waals surface area contributed by atoms with Gasteiger partial charge in [-0.05, 0) is 43.3 Å². The molecule has 0 bridgehead atoms. The molecule has 0 aliphatic rings. The van der Waals surface area contributed by atoms with Crippen LogP contribution in [0.15, 0.2) is 41.3 Å². The largest absolute Gasteiger partial charge is 0.365 e. The van der Waals surface area contributed by atoms with Crippen LogP contribution in [-0.4, -0.2) is 25.6 Å². The van der Waals surface area contributed by atoms with Crippen molar-refractivity contribution in [1.29, 1.82) is 0 Å². The molecule has 0 saturated carbocycles. The molecule has 7 heteroatoms. The molecule has 0 aliphatic heterocycles. The van der Waals surface area contributed by atoms with E-state index < -0.39 is 15.7 Å². The van der Waals surface area contributed by atoms with Crippen molar-refractivity contribution in [2.45, 2.75) is 11.8 Å². The second kappa shape index (κ2) is 5.53. The molecule has 0 unspecified atom stereocenters. The second-order valence-electron chi connectivity index (χ2n) is 4.63. The van der Waals surface area contributed by atoms with Gasteiger partial charge in [-0.2, -0.15) is 0 Å². The Kier molecular flexibility index (Phi) is 3.95. The van der Waals surface area contributed by atoms with Crippen molar-refractivity contribution < 1.29 is 13.2 Å². The average Bonchev–Trinajstić information content (AvgIpc) is 2.38. The lowest BCUT2D eigenvalue weighted by atomic mass is 10.2. The van der Waals surface area contributed by atoms with E-state index in [2.05, 4.69) is 10.3 Å². The fraction of sp³-hybridized carbons (Fsp3) is 0.143. The molecule has 0 saturated heterocycles. The van der Waals surface area contributed by atoms with Crippen LogP contribution in [-0.2, 0) is 9.84 Å². The number of carbonyl (C=O) groups excluding carboxylic acids is 1. The fourth-order valence-electron chi connectivity index (χ4n) is 1.77. The predicted octanol–water partition coefficient (Wildman–Crippen LogP) is 1.64. The summed E-state index contributed by atoms with van der Waals surface area (Å²) in [7, 11) is -3.24. The summed E-state index contributed by atoms with van der Waals surface area (Å²) in [4.78, 5) is 15.8. The zero-order valence-electron chi connectivity index (χ0n) is 11.6. The van der Waals surface area contributed by atoms with E-state index in [0.29, 0.717) is 11.5 Å². The van der Waals surface area contributed by atoms with Crippen molar-refractivity contribution in [2.75, 3.05) is 11.6 Å². The van der Waals surface area contributed by atoms with Crippen molar-refractivity contribution in [3.05, 3.63) is 47.7 Å². The van der Waals surface area contributed by atoms with Crippen LogP contribution in [0.1, 0.15) is 16.1 Å². The molecule has 0 spiro atoms. The molecule has 1 aromatic carbocycles. The van der Waals surface area contributed by atoms with E-state index >= 15 is 0 Å². The summed E-state index contributed by atoms with van der Waals surface area (Å²) in [6.07, 6.45) is 1.14. The monoisotopic (exact) mass is 305 g/mol. The first-order valence-electron chi connectivity index (χ1n) is 6.12. The maximum Gasteiger partial charge on any atom is 0.252 e. The Hall–Kier alpha value is -2.41. The lowest BCUT2D eigenvalue weighted by Crippen LogP contribution is -2.14. The first-order valence-corrected chi connectivity index (χ1v) is 8.01. The number of sulfone groups is 1. The number of aryl methyl sites for hydroxylation is 1. The first-order chi connectivity index (χ1) is 9.77. The minimum atomic E-state index is -3.24. The number of hydrogen-bond donors (Lipinski definition) is 2. The molecule has 3 N–H and O–H groups in total. The van der Waals surface area contributed by atoms with E-state index in [4.69, 9.17) is 5.73 Å². The predicted molar refractivity (Wildman–Crippen MR) is 80.3 cm³/mol. The van der Waals surface area contributed by atoms with Crippen molar-refractivity contribution in [3.63, 3.8) is 0 Å². The molecule has 2 rings (SSSR count). The van der Waals surface area contributed by atoms with Gasteiger partial charge >= 0.3 is 0 Å². The minimum absolute atomic E-state index is 0.223. The molecule has 6 nitrogen and oxygen atoms in total. The number of carbonyl (C=O) groups is 1. The van der Waals surface area contributed by atoms with E-state index in [9.17, 15) is 13.2 Å². The van der Waals surface area contributed by atoms with Gasteiger partial charge in [0, 0.05) is 17.6 Å². The third-order valence-corrected chi connectivity index (χ3v) is 3.97. The van der Waals surface area contributed by atoms with Gasteiger partial charge in [-0.3, -0.25) is 4.79 Å². The first kappa shape index (κ1) is 15.0. The van der Waals surface area contributed by atoms with E-state index in [-0.39, 0.29) is 10.5 Å². The Balaban J connectivity index is 2.34. The van der Waals surface area contributed by atoms with Gasteiger partial charge in [0.05, 0.1) is 10.5 Å². The molecule has 1 amide bonds. The van der Waals surface area contributed by atoms with Gasteiger partial charge in [0.1, 0.15) is 5.82 Å². The number of nitrogens with two attached hydrogens (primary N) is 1. The van der Waals surface area contributed by atoms with Crippen LogP contribution in [0.5, 0.6) is 0 Å². The van der Waals surface area contributed by atoms with Gasteiger partial charge in [-0.15, -0.1) is 0 Å². The Labute approximate surface area is 122 Å². The number of primary amides is 1. The standard InChI is InChI=1S/C14H15N3O3S/c1-9-3-8-12(13(15)18)14(16-9)17-10-4-6-11(7-5-10)21(2,19)20/h3-8H,1-2H3,(H2,15,18)(H,16,17). The van der Waals surface area contributed by atoms with E-state index in [1.54, 1.807) is 31.2 Å². The fourth-order valence-corrected chi connectivity index (χ4v) is 2.40. The number of nitrogens with zero attached hydrogens (tertiary/aromatic N) is 1. The highest BCUT2D eigenvalue weighted by Gasteiger charge is 2.11. The van der Waals surface area contributed by atoms with Crippen LogP contribution >= 0.6 is 0 Å². The maximum atomic E-state index is 11.4. The molecule has 21 heavy (non-hydrogen) atoms. The Morgan fingerprint density at radius 1 is 1.14 bits per heavy atom. The summed E-state index contributed by atoms with van der Waals surface area (Å²) in [5.74, 6) is -0.243. The highest BCUT2D eigenvalue weighted by molar-refractivity contribution is 7.90. The molecule has 0 radical (unpaired) electrons. The van der Waals surface area contributed by atoms with Crippen LogP contribution in [0.25, 0.3) is 0 Å². The third kappa shape index (κ3) is 3.57. The highest BCUT2D eigenvalue weighted by atomic mass is 32.2. The zero-order chi connectivity index (χ0) is 15.6. The molecule has 110 valence electrons. The van der Waals surface area contributed by atoms with Gasteiger partial charge in [-0.25, -0.2) is 13.4 Å². The Morgan fingerprint density at radius 3 is 2.29 bits per heavy atom. The van der Waals surface area contributed by atoms with Gasteiger partial charge < -0.3 is 11.1 Å². The molecule has 1 heterocycles. The lowest BCUT2D eigenvalue weighted by molar-refractivity contribution is 0.100. The zero-order valence-corrected chi connectivity index (χ0v) is 12.4. The molecule has 0 fully saturated rings. The molecular weight excluding hydrogens is 290 g/mol. The summed E-state index contributed by atoms with van der Waals surface area (Å²) in [5.41, 5.74) is 6.92. The summed E-state index contributed by atoms with van der Waals surface area (Å²) in [6.45, 7) is 1.79. The second-order valence-corrected chi connectivity index (χ2v) is 6.65. The number of benzene rings is 1. The smallest absolute Gasteiger partial charge is 0.252 e. The number of anilines is 2.